The van der Waals surface area contributed by atoms with Crippen LogP contribution in [0.15, 0.2) is 11.8 Å². The largest absolute Gasteiger partial charge is 0.512 e. The van der Waals surface area contributed by atoms with E-state index in [0.29, 0.717) is 0 Å². The standard InChI is InChI=1S/C10H19O2P/c1-9(2,3)7(11)6-8(12)10(4,5)13/h6,11H,13H2,1-5H3. The number of rotatable bonds is 2. The van der Waals surface area contributed by atoms with Crippen molar-refractivity contribution in [2.24, 2.45) is 5.41 Å². The minimum Gasteiger partial charge on any atom is -0.512 e. The number of hydrogen-bond acceptors (Lipinski definition) is 2. The Bertz CT molecular complexity index is 228. The van der Waals surface area contributed by atoms with E-state index in [1.165, 1.54) is 6.08 Å². The van der Waals surface area contributed by atoms with Crippen molar-refractivity contribution in [2.75, 3.05) is 0 Å². The monoisotopic (exact) mass is 202 g/mol. The van der Waals surface area contributed by atoms with Gasteiger partial charge in [-0.1, -0.05) is 20.8 Å². The zero-order chi connectivity index (χ0) is 10.9. The molecule has 0 amide bonds. The first-order valence-corrected chi connectivity index (χ1v) is 4.87. The summed E-state index contributed by atoms with van der Waals surface area (Å²) >= 11 is 0. The van der Waals surface area contributed by atoms with E-state index in [0.717, 1.165) is 0 Å². The Labute approximate surface area is 82.6 Å². The maximum absolute atomic E-state index is 11.5. The topological polar surface area (TPSA) is 37.3 Å². The Hall–Kier alpha value is -0.360. The summed E-state index contributed by atoms with van der Waals surface area (Å²) in [7, 11) is 2.46. The molecule has 0 radical (unpaired) electrons. The van der Waals surface area contributed by atoms with Crippen molar-refractivity contribution >= 4 is 15.0 Å². The second-order valence-electron chi connectivity index (χ2n) is 4.87. The fourth-order valence-electron chi connectivity index (χ4n) is 0.527. The van der Waals surface area contributed by atoms with Crippen LogP contribution in [0.4, 0.5) is 0 Å². The van der Waals surface area contributed by atoms with Crippen molar-refractivity contribution < 1.29 is 9.90 Å². The molecule has 0 bridgehead atoms. The first-order valence-electron chi connectivity index (χ1n) is 4.29. The lowest BCUT2D eigenvalue weighted by Gasteiger charge is -2.19. The molecule has 0 rings (SSSR count). The zero-order valence-corrected chi connectivity index (χ0v) is 10.2. The summed E-state index contributed by atoms with van der Waals surface area (Å²) < 4.78 is 0. The first-order chi connectivity index (χ1) is 5.55. The summed E-state index contributed by atoms with van der Waals surface area (Å²) in [5, 5.41) is 9.05. The highest BCUT2D eigenvalue weighted by atomic mass is 31.0. The highest BCUT2D eigenvalue weighted by Crippen LogP contribution is 2.25. The smallest absolute Gasteiger partial charge is 0.168 e. The molecule has 0 aromatic rings. The minimum atomic E-state index is -0.501. The molecule has 0 aliphatic heterocycles. The molecule has 3 heteroatoms. The molecule has 76 valence electrons. The van der Waals surface area contributed by atoms with Gasteiger partial charge < -0.3 is 5.11 Å². The SMILES string of the molecule is CC(C)(C)C(O)=CC(=O)C(C)(C)P. The van der Waals surface area contributed by atoms with Crippen LogP contribution >= 0.6 is 9.24 Å². The van der Waals surface area contributed by atoms with E-state index in [-0.39, 0.29) is 17.0 Å². The molecule has 0 saturated heterocycles. The van der Waals surface area contributed by atoms with Crippen LogP contribution < -0.4 is 0 Å². The number of hydrogen-bond donors (Lipinski definition) is 1. The highest BCUT2D eigenvalue weighted by Gasteiger charge is 2.23. The van der Waals surface area contributed by atoms with Crippen LogP contribution in [0.5, 0.6) is 0 Å². The van der Waals surface area contributed by atoms with Gasteiger partial charge in [-0.05, 0) is 13.8 Å². The Morgan fingerprint density at radius 2 is 1.62 bits per heavy atom. The van der Waals surface area contributed by atoms with Crippen LogP contribution in [0.25, 0.3) is 0 Å². The molecular formula is C10H19O2P. The fraction of sp³-hybridized carbons (Fsp3) is 0.700. The summed E-state index contributed by atoms with van der Waals surface area (Å²) in [5.74, 6) is 0.0537. The number of carbonyl (C=O) groups excluding carboxylic acids is 1. The summed E-state index contributed by atoms with van der Waals surface area (Å²) in [4.78, 5) is 11.5. The van der Waals surface area contributed by atoms with Crippen LogP contribution in [0.2, 0.25) is 0 Å². The lowest BCUT2D eigenvalue weighted by atomic mass is 9.92. The maximum atomic E-state index is 11.5. The van der Waals surface area contributed by atoms with Crippen molar-refractivity contribution in [2.45, 2.75) is 39.8 Å². The van der Waals surface area contributed by atoms with Gasteiger partial charge in [0.25, 0.3) is 0 Å². The van der Waals surface area contributed by atoms with E-state index >= 15 is 0 Å². The molecular weight excluding hydrogens is 183 g/mol. The van der Waals surface area contributed by atoms with Gasteiger partial charge in [0.05, 0.1) is 0 Å². The molecule has 2 nitrogen and oxygen atoms in total. The van der Waals surface area contributed by atoms with Gasteiger partial charge in [0, 0.05) is 16.6 Å². The predicted octanol–water partition coefficient (Wildman–Crippen LogP) is 2.70. The zero-order valence-electron chi connectivity index (χ0n) is 9.01. The Morgan fingerprint density at radius 1 is 1.23 bits per heavy atom. The van der Waals surface area contributed by atoms with Gasteiger partial charge >= 0.3 is 0 Å². The maximum Gasteiger partial charge on any atom is 0.168 e. The summed E-state index contributed by atoms with van der Waals surface area (Å²) in [6.45, 7) is 9.19. The van der Waals surface area contributed by atoms with Crippen molar-refractivity contribution in [3.8, 4) is 0 Å². The van der Waals surface area contributed by atoms with Crippen molar-refractivity contribution in [1.82, 2.24) is 0 Å². The van der Waals surface area contributed by atoms with E-state index in [1.54, 1.807) is 13.8 Å². The predicted molar refractivity (Wildman–Crippen MR) is 59.0 cm³/mol. The van der Waals surface area contributed by atoms with E-state index in [2.05, 4.69) is 9.24 Å². The second kappa shape index (κ2) is 3.79. The summed E-state index contributed by atoms with van der Waals surface area (Å²) in [6.07, 6.45) is 1.31. The van der Waals surface area contributed by atoms with Crippen LogP contribution in [-0.2, 0) is 4.79 Å². The minimum absolute atomic E-state index is 0.0788. The Morgan fingerprint density at radius 3 is 1.85 bits per heavy atom. The van der Waals surface area contributed by atoms with Crippen LogP contribution in [0.1, 0.15) is 34.6 Å². The van der Waals surface area contributed by atoms with Crippen molar-refractivity contribution in [1.29, 1.82) is 0 Å². The first kappa shape index (κ1) is 12.6. The van der Waals surface area contributed by atoms with Gasteiger partial charge in [-0.15, -0.1) is 9.24 Å². The highest BCUT2D eigenvalue weighted by molar-refractivity contribution is 7.21. The van der Waals surface area contributed by atoms with E-state index in [4.69, 9.17) is 0 Å². The van der Waals surface area contributed by atoms with Crippen LogP contribution in [-0.4, -0.2) is 16.0 Å². The number of carbonyl (C=O) groups is 1. The summed E-state index contributed by atoms with van der Waals surface area (Å²) in [6, 6.07) is 0. The third-order valence-electron chi connectivity index (χ3n) is 1.67. The van der Waals surface area contributed by atoms with E-state index < -0.39 is 5.16 Å². The lowest BCUT2D eigenvalue weighted by Crippen LogP contribution is -2.23. The normalized spacial score (nSPS) is 14.5. The average Bonchev–Trinajstić information content (AvgIpc) is 1.82. The molecule has 0 aromatic carbocycles. The lowest BCUT2D eigenvalue weighted by molar-refractivity contribution is -0.116. The average molecular weight is 202 g/mol. The molecule has 1 atom stereocenters. The molecule has 0 fully saturated rings. The molecule has 0 aliphatic carbocycles. The quantitative estimate of drug-likeness (QED) is 0.424. The molecule has 0 aliphatic rings. The Kier molecular flexibility index (Phi) is 3.69. The Balaban J connectivity index is 4.70. The second-order valence-corrected chi connectivity index (χ2v) is 6.31. The third kappa shape index (κ3) is 4.42. The molecule has 0 aromatic heterocycles. The van der Waals surface area contributed by atoms with Gasteiger partial charge in [0.15, 0.2) is 5.78 Å². The molecule has 13 heavy (non-hydrogen) atoms. The molecule has 0 saturated carbocycles. The number of aliphatic hydroxyl groups excluding tert-OH is 1. The molecule has 0 heterocycles. The van der Waals surface area contributed by atoms with Gasteiger partial charge in [-0.2, -0.15) is 0 Å². The van der Waals surface area contributed by atoms with Gasteiger partial charge in [0.1, 0.15) is 5.76 Å². The van der Waals surface area contributed by atoms with Crippen molar-refractivity contribution in [3.05, 3.63) is 11.8 Å². The number of ketones is 1. The van der Waals surface area contributed by atoms with Gasteiger partial charge in [-0.3, -0.25) is 4.79 Å². The van der Waals surface area contributed by atoms with E-state index in [9.17, 15) is 9.90 Å². The number of allylic oxidation sites excluding steroid dienone is 2. The van der Waals surface area contributed by atoms with Gasteiger partial charge in [0.2, 0.25) is 0 Å². The van der Waals surface area contributed by atoms with Gasteiger partial charge in [-0.25, -0.2) is 0 Å². The fourth-order valence-corrected chi connectivity index (χ4v) is 0.610. The molecule has 1 unspecified atom stereocenters. The molecule has 0 spiro atoms. The van der Waals surface area contributed by atoms with Crippen LogP contribution in [0, 0.1) is 5.41 Å². The summed E-state index contributed by atoms with van der Waals surface area (Å²) in [5.41, 5.74) is -0.356. The third-order valence-corrected chi connectivity index (χ3v) is 1.96. The number of aliphatic hydroxyl groups is 1. The van der Waals surface area contributed by atoms with Crippen molar-refractivity contribution in [3.63, 3.8) is 0 Å². The molecule has 1 N–H and O–H groups in total. The van der Waals surface area contributed by atoms with Crippen LogP contribution in [0.3, 0.4) is 0 Å². The van der Waals surface area contributed by atoms with E-state index in [1.807, 2.05) is 20.8 Å².